The lowest BCUT2D eigenvalue weighted by Crippen LogP contribution is -2.34. The van der Waals surface area contributed by atoms with Crippen LogP contribution in [-0.2, 0) is 4.74 Å². The highest BCUT2D eigenvalue weighted by atomic mass is 16.5. The molecule has 2 heteroatoms. The molecule has 0 aliphatic heterocycles. The van der Waals surface area contributed by atoms with E-state index in [-0.39, 0.29) is 0 Å². The van der Waals surface area contributed by atoms with Gasteiger partial charge in [-0.15, -0.1) is 0 Å². The summed E-state index contributed by atoms with van der Waals surface area (Å²) >= 11 is 0. The first-order valence-corrected chi connectivity index (χ1v) is 5.32. The Bertz CT molecular complexity index is 156. The molecule has 2 unspecified atom stereocenters. The monoisotopic (exact) mass is 185 g/mol. The molecule has 13 heavy (non-hydrogen) atoms. The molecule has 1 rings (SSSR count). The van der Waals surface area contributed by atoms with Gasteiger partial charge < -0.3 is 10.1 Å². The summed E-state index contributed by atoms with van der Waals surface area (Å²) < 4.78 is 5.14. The molecule has 1 aliphatic rings. The van der Waals surface area contributed by atoms with Gasteiger partial charge in [0.25, 0.3) is 0 Å². The van der Waals surface area contributed by atoms with Gasteiger partial charge in [-0.2, -0.15) is 0 Å². The van der Waals surface area contributed by atoms with Crippen LogP contribution in [0.3, 0.4) is 0 Å². The molecular weight excluding hydrogens is 162 g/mol. The highest BCUT2D eigenvalue weighted by Crippen LogP contribution is 2.51. The SMILES string of the molecule is CCC(COC)NCC1CC1(C)C. The molecule has 0 bridgehead atoms. The maximum absolute atomic E-state index is 5.14. The van der Waals surface area contributed by atoms with Crippen LogP contribution in [0.2, 0.25) is 0 Å². The second-order valence-electron chi connectivity index (χ2n) is 4.86. The van der Waals surface area contributed by atoms with Crippen molar-refractivity contribution in [1.29, 1.82) is 0 Å². The molecule has 1 N–H and O–H groups in total. The number of rotatable bonds is 6. The summed E-state index contributed by atoms with van der Waals surface area (Å²) in [5.41, 5.74) is 0.596. The second kappa shape index (κ2) is 4.43. The van der Waals surface area contributed by atoms with Gasteiger partial charge in [0.15, 0.2) is 0 Å². The Kier molecular flexibility index (Phi) is 3.74. The Labute approximate surface area is 82.0 Å². The molecule has 0 amide bonds. The predicted molar refractivity (Wildman–Crippen MR) is 55.8 cm³/mol. The third kappa shape index (κ3) is 3.28. The zero-order valence-corrected chi connectivity index (χ0v) is 9.39. The highest BCUT2D eigenvalue weighted by Gasteiger charge is 2.44. The van der Waals surface area contributed by atoms with Crippen molar-refractivity contribution >= 4 is 0 Å². The maximum Gasteiger partial charge on any atom is 0.0615 e. The molecule has 78 valence electrons. The maximum atomic E-state index is 5.14. The van der Waals surface area contributed by atoms with Crippen molar-refractivity contribution in [2.75, 3.05) is 20.3 Å². The largest absolute Gasteiger partial charge is 0.383 e. The summed E-state index contributed by atoms with van der Waals surface area (Å²) in [6.07, 6.45) is 2.53. The van der Waals surface area contributed by atoms with Crippen LogP contribution in [0.5, 0.6) is 0 Å². The van der Waals surface area contributed by atoms with Crippen LogP contribution in [0.4, 0.5) is 0 Å². The standard InChI is InChI=1S/C11H23NO/c1-5-10(8-13-4)12-7-9-6-11(9,2)3/h9-10,12H,5-8H2,1-4H3. The smallest absolute Gasteiger partial charge is 0.0615 e. The molecule has 0 spiro atoms. The predicted octanol–water partition coefficient (Wildman–Crippen LogP) is 2.05. The van der Waals surface area contributed by atoms with Crippen LogP contribution >= 0.6 is 0 Å². The van der Waals surface area contributed by atoms with E-state index in [4.69, 9.17) is 4.74 Å². The second-order valence-corrected chi connectivity index (χ2v) is 4.86. The normalized spacial score (nSPS) is 27.2. The molecular formula is C11H23NO. The Morgan fingerprint density at radius 2 is 2.15 bits per heavy atom. The lowest BCUT2D eigenvalue weighted by atomic mass is 10.1. The van der Waals surface area contributed by atoms with Crippen molar-refractivity contribution in [3.63, 3.8) is 0 Å². The fourth-order valence-corrected chi connectivity index (χ4v) is 1.76. The minimum Gasteiger partial charge on any atom is -0.383 e. The molecule has 1 fully saturated rings. The van der Waals surface area contributed by atoms with Crippen LogP contribution in [0.1, 0.15) is 33.6 Å². The van der Waals surface area contributed by atoms with Gasteiger partial charge in [0, 0.05) is 13.2 Å². The Hall–Kier alpha value is -0.0800. The molecule has 0 aromatic rings. The molecule has 0 saturated heterocycles. The van der Waals surface area contributed by atoms with Crippen molar-refractivity contribution in [3.8, 4) is 0 Å². The van der Waals surface area contributed by atoms with Gasteiger partial charge in [0.1, 0.15) is 0 Å². The van der Waals surface area contributed by atoms with Crippen molar-refractivity contribution < 1.29 is 4.74 Å². The van der Waals surface area contributed by atoms with Crippen LogP contribution in [0.25, 0.3) is 0 Å². The summed E-state index contributed by atoms with van der Waals surface area (Å²) in [7, 11) is 1.77. The number of hydrogen-bond acceptors (Lipinski definition) is 2. The first kappa shape index (κ1) is 11.0. The molecule has 0 aromatic heterocycles. The molecule has 0 heterocycles. The lowest BCUT2D eigenvalue weighted by molar-refractivity contribution is 0.163. The molecule has 1 saturated carbocycles. The average molecular weight is 185 g/mol. The third-order valence-corrected chi connectivity index (χ3v) is 3.23. The van der Waals surface area contributed by atoms with Crippen LogP contribution < -0.4 is 5.32 Å². The van der Waals surface area contributed by atoms with E-state index in [1.807, 2.05) is 0 Å². The van der Waals surface area contributed by atoms with Crippen LogP contribution in [-0.4, -0.2) is 26.3 Å². The Morgan fingerprint density at radius 3 is 2.54 bits per heavy atom. The summed E-state index contributed by atoms with van der Waals surface area (Å²) in [5, 5.41) is 3.56. The quantitative estimate of drug-likeness (QED) is 0.684. The summed E-state index contributed by atoms with van der Waals surface area (Å²) in [6, 6.07) is 0.543. The Balaban J connectivity index is 2.10. The van der Waals surface area contributed by atoms with Gasteiger partial charge in [-0.3, -0.25) is 0 Å². The summed E-state index contributed by atoms with van der Waals surface area (Å²) in [6.45, 7) is 8.89. The van der Waals surface area contributed by atoms with Crippen molar-refractivity contribution in [2.45, 2.75) is 39.7 Å². The van der Waals surface area contributed by atoms with E-state index < -0.39 is 0 Å². The van der Waals surface area contributed by atoms with Crippen molar-refractivity contribution in [3.05, 3.63) is 0 Å². The first-order valence-electron chi connectivity index (χ1n) is 5.32. The summed E-state index contributed by atoms with van der Waals surface area (Å²) in [4.78, 5) is 0. The van der Waals surface area contributed by atoms with Gasteiger partial charge in [0.05, 0.1) is 6.61 Å². The molecule has 0 aromatic carbocycles. The fraction of sp³-hybridized carbons (Fsp3) is 1.00. The van der Waals surface area contributed by atoms with Crippen LogP contribution in [0.15, 0.2) is 0 Å². The van der Waals surface area contributed by atoms with E-state index in [1.54, 1.807) is 7.11 Å². The molecule has 0 radical (unpaired) electrons. The van der Waals surface area contributed by atoms with E-state index in [1.165, 1.54) is 6.42 Å². The fourth-order valence-electron chi connectivity index (χ4n) is 1.76. The van der Waals surface area contributed by atoms with E-state index in [9.17, 15) is 0 Å². The summed E-state index contributed by atoms with van der Waals surface area (Å²) in [5.74, 6) is 0.887. The van der Waals surface area contributed by atoms with Crippen LogP contribution in [0, 0.1) is 11.3 Å². The number of methoxy groups -OCH3 is 1. The van der Waals surface area contributed by atoms with Gasteiger partial charge in [-0.25, -0.2) is 0 Å². The zero-order chi connectivity index (χ0) is 9.90. The topological polar surface area (TPSA) is 21.3 Å². The lowest BCUT2D eigenvalue weighted by Gasteiger charge is -2.16. The third-order valence-electron chi connectivity index (χ3n) is 3.23. The minimum atomic E-state index is 0.543. The zero-order valence-electron chi connectivity index (χ0n) is 9.39. The van der Waals surface area contributed by atoms with E-state index >= 15 is 0 Å². The first-order chi connectivity index (χ1) is 6.10. The number of ether oxygens (including phenoxy) is 1. The molecule has 1 aliphatic carbocycles. The molecule has 2 atom stereocenters. The van der Waals surface area contributed by atoms with E-state index in [0.29, 0.717) is 11.5 Å². The number of nitrogens with one attached hydrogen (secondary N) is 1. The molecule has 2 nitrogen and oxygen atoms in total. The van der Waals surface area contributed by atoms with E-state index in [0.717, 1.165) is 25.5 Å². The highest BCUT2D eigenvalue weighted by molar-refractivity contribution is 4.96. The van der Waals surface area contributed by atoms with Gasteiger partial charge >= 0.3 is 0 Å². The average Bonchev–Trinajstić information content (AvgIpc) is 2.68. The van der Waals surface area contributed by atoms with Gasteiger partial charge in [0.2, 0.25) is 0 Å². The number of hydrogen-bond donors (Lipinski definition) is 1. The van der Waals surface area contributed by atoms with Gasteiger partial charge in [-0.1, -0.05) is 20.8 Å². The Morgan fingerprint density at radius 1 is 1.54 bits per heavy atom. The van der Waals surface area contributed by atoms with E-state index in [2.05, 4.69) is 26.1 Å². The van der Waals surface area contributed by atoms with Crippen molar-refractivity contribution in [2.24, 2.45) is 11.3 Å². The van der Waals surface area contributed by atoms with Crippen molar-refractivity contribution in [1.82, 2.24) is 5.32 Å². The minimum absolute atomic E-state index is 0.543. The van der Waals surface area contributed by atoms with Gasteiger partial charge in [-0.05, 0) is 30.7 Å².